The fourth-order valence-corrected chi connectivity index (χ4v) is 6.93. The number of alkyl halides is 1. The van der Waals surface area contributed by atoms with Crippen molar-refractivity contribution in [3.8, 4) is 0 Å². The first-order valence-electron chi connectivity index (χ1n) is 8.99. The maximum Gasteiger partial charge on any atom is 0.312 e. The molecule has 0 aromatic heterocycles. The first-order valence-corrected chi connectivity index (χ1v) is 9.79. The van der Waals surface area contributed by atoms with Gasteiger partial charge >= 0.3 is 5.97 Å². The van der Waals surface area contributed by atoms with Gasteiger partial charge in [-0.3, -0.25) is 9.59 Å². The van der Waals surface area contributed by atoms with Crippen LogP contribution < -0.4 is 5.32 Å². The summed E-state index contributed by atoms with van der Waals surface area (Å²) < 4.78 is 45.0. The Kier molecular flexibility index (Phi) is 4.52. The number of carbonyl (C=O) groups is 2. The van der Waals surface area contributed by atoms with Gasteiger partial charge in [0.15, 0.2) is 24.1 Å². The van der Waals surface area contributed by atoms with Crippen LogP contribution in [0, 0.1) is 34.7 Å². The van der Waals surface area contributed by atoms with E-state index in [0.717, 1.165) is 38.2 Å². The van der Waals surface area contributed by atoms with Gasteiger partial charge in [0.2, 0.25) is 0 Å². The number of hydrogen-bond acceptors (Lipinski definition) is 3. The standard InChI is InChI=1S/C19H19BrF3NO3/c20-19-6-10-3-11(7-19)5-18(4-10,9-19)17(26)27-8-14(25)24-13-2-1-12(21)15(22)16(13)23/h1-2,10-11H,3-9H2,(H,24,25). The van der Waals surface area contributed by atoms with Crippen LogP contribution in [0.5, 0.6) is 0 Å². The predicted molar refractivity (Wildman–Crippen MR) is 94.7 cm³/mol. The van der Waals surface area contributed by atoms with Crippen molar-refractivity contribution >= 4 is 33.5 Å². The molecule has 27 heavy (non-hydrogen) atoms. The molecule has 1 N–H and O–H groups in total. The molecule has 4 aliphatic rings. The summed E-state index contributed by atoms with van der Waals surface area (Å²) in [6.07, 6.45) is 5.51. The smallest absolute Gasteiger partial charge is 0.312 e. The molecule has 0 heterocycles. The third-order valence-corrected chi connectivity index (χ3v) is 6.99. The van der Waals surface area contributed by atoms with E-state index in [1.54, 1.807) is 0 Å². The molecular formula is C19H19BrF3NO3. The molecule has 0 radical (unpaired) electrons. The van der Waals surface area contributed by atoms with E-state index in [9.17, 15) is 22.8 Å². The van der Waals surface area contributed by atoms with E-state index in [2.05, 4.69) is 21.2 Å². The summed E-state index contributed by atoms with van der Waals surface area (Å²) in [6.45, 7) is -0.594. The number of nitrogens with one attached hydrogen (secondary N) is 1. The Hall–Kier alpha value is -1.57. The second-order valence-electron chi connectivity index (χ2n) is 8.24. The molecule has 2 unspecified atom stereocenters. The molecule has 1 amide bonds. The van der Waals surface area contributed by atoms with E-state index < -0.39 is 47.0 Å². The first kappa shape index (κ1) is 18.8. The van der Waals surface area contributed by atoms with Crippen LogP contribution in [0.25, 0.3) is 0 Å². The van der Waals surface area contributed by atoms with E-state index >= 15 is 0 Å². The van der Waals surface area contributed by atoms with E-state index in [0.29, 0.717) is 24.3 Å². The Balaban J connectivity index is 1.38. The van der Waals surface area contributed by atoms with E-state index in [1.807, 2.05) is 0 Å². The molecule has 5 rings (SSSR count). The number of esters is 1. The number of anilines is 1. The Morgan fingerprint density at radius 3 is 2.41 bits per heavy atom. The number of amides is 1. The average Bonchev–Trinajstić information content (AvgIpc) is 2.58. The van der Waals surface area contributed by atoms with Gasteiger partial charge in [0, 0.05) is 4.32 Å². The molecule has 2 atom stereocenters. The Morgan fingerprint density at radius 1 is 1.11 bits per heavy atom. The minimum atomic E-state index is -1.67. The first-order chi connectivity index (χ1) is 12.7. The number of benzene rings is 1. The SMILES string of the molecule is O=C(COC(=O)C12CC3CC(CC(Br)(C3)C1)C2)Nc1ccc(F)c(F)c1F. The highest BCUT2D eigenvalue weighted by atomic mass is 79.9. The van der Waals surface area contributed by atoms with Crippen molar-refractivity contribution in [2.45, 2.75) is 42.8 Å². The van der Waals surface area contributed by atoms with E-state index in [-0.39, 0.29) is 4.32 Å². The van der Waals surface area contributed by atoms with E-state index in [4.69, 9.17) is 4.74 Å². The number of rotatable bonds is 4. The predicted octanol–water partition coefficient (Wildman–Crippen LogP) is 4.32. The van der Waals surface area contributed by atoms with Crippen LogP contribution >= 0.6 is 15.9 Å². The average molecular weight is 446 g/mol. The number of ether oxygens (including phenoxy) is 1. The van der Waals surface area contributed by atoms with Gasteiger partial charge in [-0.25, -0.2) is 13.2 Å². The van der Waals surface area contributed by atoms with E-state index in [1.165, 1.54) is 0 Å². The zero-order valence-electron chi connectivity index (χ0n) is 14.5. The zero-order valence-corrected chi connectivity index (χ0v) is 16.1. The molecule has 8 heteroatoms. The summed E-state index contributed by atoms with van der Waals surface area (Å²) >= 11 is 3.81. The number of halogens is 4. The molecule has 4 nitrogen and oxygen atoms in total. The molecule has 4 saturated carbocycles. The lowest BCUT2D eigenvalue weighted by molar-refractivity contribution is -0.170. The van der Waals surface area contributed by atoms with Gasteiger partial charge in [-0.15, -0.1) is 0 Å². The van der Waals surface area contributed by atoms with Gasteiger partial charge in [0.1, 0.15) is 0 Å². The van der Waals surface area contributed by atoms with Crippen molar-refractivity contribution < 1.29 is 27.5 Å². The van der Waals surface area contributed by atoms with Crippen molar-refractivity contribution in [1.29, 1.82) is 0 Å². The van der Waals surface area contributed by atoms with Gasteiger partial charge in [-0.1, -0.05) is 15.9 Å². The maximum absolute atomic E-state index is 13.6. The van der Waals surface area contributed by atoms with Crippen molar-refractivity contribution in [3.05, 3.63) is 29.6 Å². The van der Waals surface area contributed by atoms with Crippen molar-refractivity contribution in [2.24, 2.45) is 17.3 Å². The third kappa shape index (κ3) is 3.37. The third-order valence-electron chi connectivity index (χ3n) is 6.07. The molecule has 0 aliphatic heterocycles. The second-order valence-corrected chi connectivity index (χ2v) is 9.92. The highest BCUT2D eigenvalue weighted by Gasteiger charge is 2.60. The summed E-state index contributed by atoms with van der Waals surface area (Å²) in [6, 6.07) is 1.63. The molecule has 0 saturated heterocycles. The minimum absolute atomic E-state index is 0.0207. The molecule has 4 aliphatic carbocycles. The fourth-order valence-electron chi connectivity index (χ4n) is 5.48. The van der Waals surface area contributed by atoms with Crippen LogP contribution in [0.4, 0.5) is 18.9 Å². The van der Waals surface area contributed by atoms with Crippen molar-refractivity contribution in [3.63, 3.8) is 0 Å². The lowest BCUT2D eigenvalue weighted by atomic mass is 9.49. The van der Waals surface area contributed by atoms with Crippen molar-refractivity contribution in [1.82, 2.24) is 0 Å². The summed E-state index contributed by atoms with van der Waals surface area (Å²) in [5, 5.41) is 2.11. The topological polar surface area (TPSA) is 55.4 Å². The number of carbonyl (C=O) groups excluding carboxylic acids is 2. The molecule has 1 aromatic rings. The molecule has 4 bridgehead atoms. The number of hydrogen-bond donors (Lipinski definition) is 1. The van der Waals surface area contributed by atoms with Gasteiger partial charge in [-0.2, -0.15) is 0 Å². The summed E-state index contributed by atoms with van der Waals surface area (Å²) in [4.78, 5) is 24.7. The van der Waals surface area contributed by atoms with Crippen LogP contribution in [-0.4, -0.2) is 22.8 Å². The normalized spacial score (nSPS) is 33.8. The maximum atomic E-state index is 13.6. The van der Waals surface area contributed by atoms with Crippen LogP contribution in [0.3, 0.4) is 0 Å². The highest BCUT2D eigenvalue weighted by molar-refractivity contribution is 9.10. The Bertz CT molecular complexity index is 802. The zero-order chi connectivity index (χ0) is 19.4. The quantitative estimate of drug-likeness (QED) is 0.426. The Morgan fingerprint density at radius 2 is 1.78 bits per heavy atom. The highest BCUT2D eigenvalue weighted by Crippen LogP contribution is 2.64. The lowest BCUT2D eigenvalue weighted by Crippen LogP contribution is -2.56. The lowest BCUT2D eigenvalue weighted by Gasteiger charge is -2.58. The van der Waals surface area contributed by atoms with Crippen LogP contribution in [0.2, 0.25) is 0 Å². The van der Waals surface area contributed by atoms with Gasteiger partial charge < -0.3 is 10.1 Å². The van der Waals surface area contributed by atoms with Crippen LogP contribution in [-0.2, 0) is 14.3 Å². The molecule has 146 valence electrons. The fraction of sp³-hybridized carbons (Fsp3) is 0.579. The molecule has 0 spiro atoms. The van der Waals surface area contributed by atoms with Gasteiger partial charge in [0.25, 0.3) is 5.91 Å². The molecular weight excluding hydrogens is 427 g/mol. The van der Waals surface area contributed by atoms with Gasteiger partial charge in [0.05, 0.1) is 11.1 Å². The second kappa shape index (κ2) is 6.50. The largest absolute Gasteiger partial charge is 0.455 e. The minimum Gasteiger partial charge on any atom is -0.455 e. The molecule has 1 aromatic carbocycles. The van der Waals surface area contributed by atoms with Gasteiger partial charge in [-0.05, 0) is 62.5 Å². The summed E-state index contributed by atoms with van der Waals surface area (Å²) in [7, 11) is 0. The Labute approximate surface area is 163 Å². The van der Waals surface area contributed by atoms with Crippen LogP contribution in [0.1, 0.15) is 38.5 Å². The van der Waals surface area contributed by atoms with Crippen LogP contribution in [0.15, 0.2) is 12.1 Å². The molecule has 4 fully saturated rings. The summed E-state index contributed by atoms with van der Waals surface area (Å²) in [5.41, 5.74) is -1.06. The summed E-state index contributed by atoms with van der Waals surface area (Å²) in [5.74, 6) is -4.72. The monoisotopic (exact) mass is 445 g/mol. The van der Waals surface area contributed by atoms with Crippen molar-refractivity contribution in [2.75, 3.05) is 11.9 Å².